The van der Waals surface area contributed by atoms with Gasteiger partial charge < -0.3 is 11.1 Å². The third kappa shape index (κ3) is 3.83. The van der Waals surface area contributed by atoms with Gasteiger partial charge in [-0.25, -0.2) is 0 Å². The number of hydrogen-bond acceptors (Lipinski definition) is 3. The number of nitrogens with two attached hydrogens (primary N) is 1. The highest BCUT2D eigenvalue weighted by atomic mass is 32.2. The summed E-state index contributed by atoms with van der Waals surface area (Å²) in [4.78, 5) is 13.7. The molecule has 3 nitrogen and oxygen atoms in total. The van der Waals surface area contributed by atoms with Crippen LogP contribution in [0.15, 0.2) is 47.4 Å². The number of thiocarbonyl (C=S) groups is 1. The number of rotatable bonds is 4. The zero-order chi connectivity index (χ0) is 15.4. The molecule has 0 atom stereocenters. The number of amides is 1. The summed E-state index contributed by atoms with van der Waals surface area (Å²) in [6.07, 6.45) is 2.00. The Labute approximate surface area is 133 Å². The SMILES string of the molecule is CSc1ccc(C(=O)Nc2cc(C(N)=S)ccc2C)cc1. The van der Waals surface area contributed by atoms with Gasteiger partial charge in [-0.1, -0.05) is 24.4 Å². The molecule has 2 aromatic rings. The summed E-state index contributed by atoms with van der Waals surface area (Å²) in [5.41, 5.74) is 8.66. The van der Waals surface area contributed by atoms with Gasteiger partial charge in [0.2, 0.25) is 0 Å². The molecule has 108 valence electrons. The molecule has 0 aromatic heterocycles. The van der Waals surface area contributed by atoms with Gasteiger partial charge in [-0.3, -0.25) is 4.79 Å². The molecular formula is C16H16N2OS2. The van der Waals surface area contributed by atoms with Crippen LogP contribution in [0.25, 0.3) is 0 Å². The second-order valence-electron chi connectivity index (χ2n) is 4.58. The molecule has 1 amide bonds. The maximum atomic E-state index is 12.3. The number of hydrogen-bond donors (Lipinski definition) is 2. The van der Waals surface area contributed by atoms with Crippen molar-refractivity contribution < 1.29 is 4.79 Å². The van der Waals surface area contributed by atoms with Crippen LogP contribution in [-0.4, -0.2) is 17.2 Å². The Morgan fingerprint density at radius 3 is 2.33 bits per heavy atom. The fraction of sp³-hybridized carbons (Fsp3) is 0.125. The number of thioether (sulfide) groups is 1. The lowest BCUT2D eigenvalue weighted by molar-refractivity contribution is 0.102. The fourth-order valence-electron chi connectivity index (χ4n) is 1.85. The molecule has 2 aromatic carbocycles. The molecule has 0 aliphatic rings. The summed E-state index contributed by atoms with van der Waals surface area (Å²) in [5.74, 6) is -0.147. The van der Waals surface area contributed by atoms with Crippen LogP contribution < -0.4 is 11.1 Å². The Hall–Kier alpha value is -1.85. The number of carbonyl (C=O) groups excluding carboxylic acids is 1. The number of anilines is 1. The monoisotopic (exact) mass is 316 g/mol. The minimum absolute atomic E-state index is 0.147. The Morgan fingerprint density at radius 2 is 1.76 bits per heavy atom. The van der Waals surface area contributed by atoms with E-state index in [-0.39, 0.29) is 5.91 Å². The maximum absolute atomic E-state index is 12.3. The lowest BCUT2D eigenvalue weighted by atomic mass is 10.1. The first-order valence-corrected chi connectivity index (χ1v) is 8.00. The van der Waals surface area contributed by atoms with Crippen molar-refractivity contribution in [1.29, 1.82) is 0 Å². The first-order chi connectivity index (χ1) is 10.0. The van der Waals surface area contributed by atoms with E-state index in [0.717, 1.165) is 21.7 Å². The summed E-state index contributed by atoms with van der Waals surface area (Å²) in [6.45, 7) is 1.93. The van der Waals surface area contributed by atoms with Crippen LogP contribution in [0.3, 0.4) is 0 Å². The number of benzene rings is 2. The van der Waals surface area contributed by atoms with Crippen molar-refractivity contribution in [2.45, 2.75) is 11.8 Å². The molecule has 0 heterocycles. The predicted molar refractivity (Wildman–Crippen MR) is 93.2 cm³/mol. The highest BCUT2D eigenvalue weighted by molar-refractivity contribution is 7.98. The minimum Gasteiger partial charge on any atom is -0.389 e. The van der Waals surface area contributed by atoms with Crippen LogP contribution >= 0.6 is 24.0 Å². The van der Waals surface area contributed by atoms with Crippen molar-refractivity contribution in [1.82, 2.24) is 0 Å². The molecule has 0 radical (unpaired) electrons. The molecule has 5 heteroatoms. The van der Waals surface area contributed by atoms with Crippen LogP contribution in [0.4, 0.5) is 5.69 Å². The highest BCUT2D eigenvalue weighted by Crippen LogP contribution is 2.19. The van der Waals surface area contributed by atoms with Crippen LogP contribution in [-0.2, 0) is 0 Å². The van der Waals surface area contributed by atoms with Gasteiger partial charge in [0.25, 0.3) is 5.91 Å². The smallest absolute Gasteiger partial charge is 0.255 e. The Kier molecular flexibility index (Phi) is 4.98. The first-order valence-electron chi connectivity index (χ1n) is 6.37. The van der Waals surface area contributed by atoms with Crippen LogP contribution in [0, 0.1) is 6.92 Å². The lowest BCUT2D eigenvalue weighted by Crippen LogP contribution is -2.14. The second-order valence-corrected chi connectivity index (χ2v) is 5.90. The van der Waals surface area contributed by atoms with E-state index in [1.54, 1.807) is 17.8 Å². The highest BCUT2D eigenvalue weighted by Gasteiger charge is 2.09. The molecule has 0 aliphatic carbocycles. The van der Waals surface area contributed by atoms with Gasteiger partial charge in [-0.15, -0.1) is 11.8 Å². The normalized spacial score (nSPS) is 10.2. The molecule has 0 unspecified atom stereocenters. The van der Waals surface area contributed by atoms with Crippen LogP contribution in [0.2, 0.25) is 0 Å². The zero-order valence-corrected chi connectivity index (χ0v) is 13.5. The van der Waals surface area contributed by atoms with E-state index in [2.05, 4.69) is 5.32 Å². The van der Waals surface area contributed by atoms with Crippen molar-refractivity contribution in [3.05, 3.63) is 59.2 Å². The third-order valence-electron chi connectivity index (χ3n) is 3.12. The van der Waals surface area contributed by atoms with E-state index in [4.69, 9.17) is 18.0 Å². The molecule has 0 saturated carbocycles. The van der Waals surface area contributed by atoms with Crippen molar-refractivity contribution in [2.24, 2.45) is 5.73 Å². The average Bonchev–Trinajstić information content (AvgIpc) is 2.49. The molecule has 0 bridgehead atoms. The van der Waals surface area contributed by atoms with Gasteiger partial charge in [0.05, 0.1) is 0 Å². The molecular weight excluding hydrogens is 300 g/mol. The van der Waals surface area contributed by atoms with Crippen molar-refractivity contribution >= 4 is 40.6 Å². The summed E-state index contributed by atoms with van der Waals surface area (Å²) in [5, 5.41) is 2.90. The van der Waals surface area contributed by atoms with E-state index in [1.165, 1.54) is 0 Å². The van der Waals surface area contributed by atoms with Crippen molar-refractivity contribution in [3.8, 4) is 0 Å². The van der Waals surface area contributed by atoms with Crippen LogP contribution in [0.5, 0.6) is 0 Å². The van der Waals surface area contributed by atoms with E-state index >= 15 is 0 Å². The molecule has 0 saturated heterocycles. The summed E-state index contributed by atoms with van der Waals surface area (Å²) in [7, 11) is 0. The summed E-state index contributed by atoms with van der Waals surface area (Å²) >= 11 is 6.60. The lowest BCUT2D eigenvalue weighted by Gasteiger charge is -2.10. The van der Waals surface area contributed by atoms with Crippen molar-refractivity contribution in [3.63, 3.8) is 0 Å². The average molecular weight is 316 g/mol. The number of nitrogens with one attached hydrogen (secondary N) is 1. The largest absolute Gasteiger partial charge is 0.389 e. The number of aryl methyl sites for hydroxylation is 1. The van der Waals surface area contributed by atoms with Crippen molar-refractivity contribution in [2.75, 3.05) is 11.6 Å². The second kappa shape index (κ2) is 6.74. The standard InChI is InChI=1S/C16H16N2OS2/c1-10-3-4-12(15(17)20)9-14(10)18-16(19)11-5-7-13(21-2)8-6-11/h3-9H,1-2H3,(H2,17,20)(H,18,19). The van der Waals surface area contributed by atoms with Gasteiger partial charge >= 0.3 is 0 Å². The topological polar surface area (TPSA) is 55.1 Å². The predicted octanol–water partition coefficient (Wildman–Crippen LogP) is 3.60. The van der Waals surface area contributed by atoms with E-state index in [1.807, 2.05) is 49.6 Å². The molecule has 21 heavy (non-hydrogen) atoms. The fourth-order valence-corrected chi connectivity index (χ4v) is 2.38. The summed E-state index contributed by atoms with van der Waals surface area (Å²) < 4.78 is 0. The van der Waals surface area contributed by atoms with Gasteiger partial charge in [-0.05, 0) is 49.1 Å². The Bertz CT molecular complexity index is 681. The number of carbonyl (C=O) groups is 1. The van der Waals surface area contributed by atoms with E-state index in [9.17, 15) is 4.79 Å². The molecule has 0 aliphatic heterocycles. The molecule has 3 N–H and O–H groups in total. The van der Waals surface area contributed by atoms with Gasteiger partial charge in [0.1, 0.15) is 4.99 Å². The quantitative estimate of drug-likeness (QED) is 0.668. The van der Waals surface area contributed by atoms with Gasteiger partial charge in [0.15, 0.2) is 0 Å². The van der Waals surface area contributed by atoms with Gasteiger partial charge in [-0.2, -0.15) is 0 Å². The summed E-state index contributed by atoms with van der Waals surface area (Å²) in [6, 6.07) is 13.0. The Balaban J connectivity index is 2.22. The third-order valence-corrected chi connectivity index (χ3v) is 4.10. The zero-order valence-electron chi connectivity index (χ0n) is 11.8. The minimum atomic E-state index is -0.147. The van der Waals surface area contributed by atoms with Gasteiger partial charge in [0, 0.05) is 21.7 Å². The van der Waals surface area contributed by atoms with E-state index < -0.39 is 0 Å². The maximum Gasteiger partial charge on any atom is 0.255 e. The van der Waals surface area contributed by atoms with Crippen LogP contribution in [0.1, 0.15) is 21.5 Å². The van der Waals surface area contributed by atoms with E-state index in [0.29, 0.717) is 10.6 Å². The molecule has 0 spiro atoms. The molecule has 0 fully saturated rings. The molecule has 2 rings (SSSR count). The Morgan fingerprint density at radius 1 is 1.14 bits per heavy atom. The first kappa shape index (κ1) is 15.5.